The molecule has 1 saturated heterocycles. The largest absolute Gasteiger partial charge is 0.347 e. The van der Waals surface area contributed by atoms with Crippen LogP contribution in [0.25, 0.3) is 0 Å². The van der Waals surface area contributed by atoms with Crippen molar-refractivity contribution in [3.63, 3.8) is 0 Å². The van der Waals surface area contributed by atoms with E-state index in [1.165, 1.54) is 11.8 Å². The monoisotopic (exact) mass is 570 g/mol. The van der Waals surface area contributed by atoms with Gasteiger partial charge >= 0.3 is 0 Å². The first-order valence-electron chi connectivity index (χ1n) is 12.9. The molecule has 0 aromatic heterocycles. The van der Waals surface area contributed by atoms with E-state index >= 15 is 0 Å². The molecule has 200 valence electrons. The number of likely N-dealkylation sites (tertiary alicyclic amines) is 1. The van der Waals surface area contributed by atoms with Crippen LogP contribution in [0.2, 0.25) is 10.0 Å². The van der Waals surface area contributed by atoms with Crippen molar-refractivity contribution in [2.24, 2.45) is 10.9 Å². The van der Waals surface area contributed by atoms with E-state index < -0.39 is 11.6 Å². The molecule has 1 fully saturated rings. The van der Waals surface area contributed by atoms with Crippen molar-refractivity contribution in [2.45, 2.75) is 51.2 Å². The zero-order valence-corrected chi connectivity index (χ0v) is 24.6. The number of fused-ring (bicyclic) bond motifs is 1. The standard InChI is InChI=1S/C29H32Cl2N4O2S/c1-17(2)23-24(27(37)34-16-6-7-22(34)26(36)33(4)5)38-28-32-29(3,19-10-14-21(31)15-11-19)25(35(23)28)18-8-12-20(30)13-9-18/h8-15,17,22,25H,6-7,16H2,1-5H3. The SMILES string of the molecule is CC(C)C1=C(C(=O)N2CCCC2C(=O)N(C)C)SC2=NC(C)(c3ccc(Cl)cc3)C(c3ccc(Cl)cc3)N21. The molecule has 3 atom stereocenters. The van der Waals surface area contributed by atoms with Crippen LogP contribution in [0.5, 0.6) is 0 Å². The van der Waals surface area contributed by atoms with Crippen LogP contribution in [0.1, 0.15) is 50.8 Å². The van der Waals surface area contributed by atoms with Crippen LogP contribution in [0.15, 0.2) is 64.1 Å². The molecule has 0 N–H and O–H groups in total. The van der Waals surface area contributed by atoms with Gasteiger partial charge < -0.3 is 14.7 Å². The number of rotatable bonds is 5. The number of benzene rings is 2. The van der Waals surface area contributed by atoms with Gasteiger partial charge in [0, 0.05) is 36.4 Å². The van der Waals surface area contributed by atoms with Crippen molar-refractivity contribution in [1.29, 1.82) is 0 Å². The molecule has 2 amide bonds. The van der Waals surface area contributed by atoms with Crippen molar-refractivity contribution in [2.75, 3.05) is 20.6 Å². The molecular weight excluding hydrogens is 539 g/mol. The quantitative estimate of drug-likeness (QED) is 0.422. The molecule has 6 nitrogen and oxygen atoms in total. The van der Waals surface area contributed by atoms with Crippen LogP contribution in [-0.2, 0) is 15.1 Å². The molecule has 3 heterocycles. The van der Waals surface area contributed by atoms with Gasteiger partial charge in [-0.05, 0) is 72.8 Å². The first-order chi connectivity index (χ1) is 18.0. The predicted molar refractivity (Wildman–Crippen MR) is 155 cm³/mol. The van der Waals surface area contributed by atoms with E-state index in [9.17, 15) is 9.59 Å². The number of aliphatic imine (C=N–C) groups is 1. The minimum atomic E-state index is -0.619. The number of hydrogen-bond acceptors (Lipinski definition) is 5. The lowest BCUT2D eigenvalue weighted by Gasteiger charge is -2.37. The molecule has 3 unspecified atom stereocenters. The predicted octanol–water partition coefficient (Wildman–Crippen LogP) is 6.32. The van der Waals surface area contributed by atoms with E-state index in [1.54, 1.807) is 23.9 Å². The highest BCUT2D eigenvalue weighted by Gasteiger charge is 2.54. The van der Waals surface area contributed by atoms with E-state index in [4.69, 9.17) is 28.2 Å². The maximum atomic E-state index is 14.1. The Labute approximate surface area is 238 Å². The molecule has 0 radical (unpaired) electrons. The van der Waals surface area contributed by atoms with E-state index in [0.29, 0.717) is 27.9 Å². The summed E-state index contributed by atoms with van der Waals surface area (Å²) in [5, 5.41) is 2.13. The fourth-order valence-corrected chi connectivity index (χ4v) is 7.37. The summed E-state index contributed by atoms with van der Waals surface area (Å²) in [7, 11) is 3.48. The normalized spacial score (nSPS) is 24.8. The third-order valence-corrected chi connectivity index (χ3v) is 9.17. The molecule has 0 aliphatic carbocycles. The third-order valence-electron chi connectivity index (χ3n) is 7.61. The van der Waals surface area contributed by atoms with E-state index in [1.807, 2.05) is 48.5 Å². The summed E-state index contributed by atoms with van der Waals surface area (Å²) in [5.41, 5.74) is 2.42. The lowest BCUT2D eigenvalue weighted by Crippen LogP contribution is -2.46. The van der Waals surface area contributed by atoms with E-state index in [2.05, 4.69) is 25.7 Å². The summed E-state index contributed by atoms with van der Waals surface area (Å²) in [6.45, 7) is 6.92. The number of amides is 2. The zero-order valence-electron chi connectivity index (χ0n) is 22.2. The highest BCUT2D eigenvalue weighted by Crippen LogP contribution is 2.56. The minimum absolute atomic E-state index is 0.0299. The van der Waals surface area contributed by atoms with Gasteiger partial charge in [0.2, 0.25) is 5.91 Å². The Balaban J connectivity index is 1.61. The molecule has 2 aromatic rings. The summed E-state index contributed by atoms with van der Waals surface area (Å²) in [4.78, 5) is 38.4. The Morgan fingerprint density at radius 1 is 1.05 bits per heavy atom. The Bertz CT molecular complexity index is 1320. The summed E-state index contributed by atoms with van der Waals surface area (Å²) >= 11 is 13.9. The van der Waals surface area contributed by atoms with Gasteiger partial charge in [-0.2, -0.15) is 0 Å². The molecule has 0 bridgehead atoms. The average Bonchev–Trinajstić information content (AvgIpc) is 3.57. The molecule has 3 aliphatic heterocycles. The van der Waals surface area contributed by atoms with Gasteiger partial charge in [0.25, 0.3) is 5.91 Å². The number of carbonyl (C=O) groups excluding carboxylic acids is 2. The fraction of sp³-hybridized carbons (Fsp3) is 0.414. The second-order valence-electron chi connectivity index (χ2n) is 10.7. The zero-order chi connectivity index (χ0) is 27.4. The van der Waals surface area contributed by atoms with Gasteiger partial charge in [-0.1, -0.05) is 61.3 Å². The van der Waals surface area contributed by atoms with Crippen LogP contribution in [0, 0.1) is 5.92 Å². The third kappa shape index (κ3) is 4.52. The van der Waals surface area contributed by atoms with Gasteiger partial charge in [0.1, 0.15) is 16.5 Å². The van der Waals surface area contributed by atoms with Crippen LogP contribution >= 0.6 is 35.0 Å². The minimum Gasteiger partial charge on any atom is -0.347 e. The first kappa shape index (κ1) is 27.1. The Morgan fingerprint density at radius 2 is 1.66 bits per heavy atom. The molecule has 2 aromatic carbocycles. The van der Waals surface area contributed by atoms with Gasteiger partial charge in [-0.25, -0.2) is 4.99 Å². The van der Waals surface area contributed by atoms with Crippen molar-refractivity contribution >= 4 is 51.9 Å². The van der Waals surface area contributed by atoms with Gasteiger partial charge in [-0.3, -0.25) is 9.59 Å². The Morgan fingerprint density at radius 3 is 2.24 bits per heavy atom. The summed E-state index contributed by atoms with van der Waals surface area (Å²) < 4.78 is 0. The van der Waals surface area contributed by atoms with Crippen molar-refractivity contribution in [1.82, 2.24) is 14.7 Å². The highest BCUT2D eigenvalue weighted by molar-refractivity contribution is 8.18. The number of halogens is 2. The summed E-state index contributed by atoms with van der Waals surface area (Å²) in [6.07, 6.45) is 1.50. The smallest absolute Gasteiger partial charge is 0.263 e. The topological polar surface area (TPSA) is 56.2 Å². The van der Waals surface area contributed by atoms with Crippen LogP contribution in [0.4, 0.5) is 0 Å². The number of hydrogen-bond donors (Lipinski definition) is 0. The lowest BCUT2D eigenvalue weighted by molar-refractivity contribution is -0.140. The molecule has 0 saturated carbocycles. The van der Waals surface area contributed by atoms with E-state index in [0.717, 1.165) is 28.4 Å². The van der Waals surface area contributed by atoms with Crippen molar-refractivity contribution in [3.05, 3.63) is 80.3 Å². The molecule has 38 heavy (non-hydrogen) atoms. The fourth-order valence-electron chi connectivity index (χ4n) is 5.76. The molecule has 0 spiro atoms. The van der Waals surface area contributed by atoms with Gasteiger partial charge in [0.05, 0.1) is 6.04 Å². The second kappa shape index (κ2) is 10.2. The lowest BCUT2D eigenvalue weighted by atomic mass is 9.81. The number of amidine groups is 1. The number of carbonyl (C=O) groups is 2. The molecule has 3 aliphatic rings. The average molecular weight is 572 g/mol. The number of thioether (sulfide) groups is 1. The van der Waals surface area contributed by atoms with Crippen molar-refractivity contribution < 1.29 is 9.59 Å². The maximum Gasteiger partial charge on any atom is 0.263 e. The maximum absolute atomic E-state index is 14.1. The van der Waals surface area contributed by atoms with Crippen LogP contribution in [0.3, 0.4) is 0 Å². The Kier molecular flexibility index (Phi) is 7.31. The molecular formula is C29H32Cl2N4O2S. The van der Waals surface area contributed by atoms with Crippen LogP contribution in [-0.4, -0.2) is 58.4 Å². The van der Waals surface area contributed by atoms with E-state index in [-0.39, 0.29) is 23.8 Å². The summed E-state index contributed by atoms with van der Waals surface area (Å²) in [5.74, 6) is -0.0589. The second-order valence-corrected chi connectivity index (χ2v) is 12.6. The summed E-state index contributed by atoms with van der Waals surface area (Å²) in [6, 6.07) is 15.1. The van der Waals surface area contributed by atoms with Crippen molar-refractivity contribution in [3.8, 4) is 0 Å². The number of allylic oxidation sites excluding steroid dienone is 1. The molecule has 9 heteroatoms. The van der Waals surface area contributed by atoms with Crippen LogP contribution < -0.4 is 0 Å². The van der Waals surface area contributed by atoms with Gasteiger partial charge in [-0.15, -0.1) is 0 Å². The Hall–Kier alpha value is -2.48. The molecule has 5 rings (SSSR count). The highest BCUT2D eigenvalue weighted by atomic mass is 35.5. The number of likely N-dealkylation sites (N-methyl/N-ethyl adjacent to an activating group) is 1. The number of nitrogens with zero attached hydrogens (tertiary/aromatic N) is 4. The van der Waals surface area contributed by atoms with Gasteiger partial charge in [0.15, 0.2) is 5.17 Å². The first-order valence-corrected chi connectivity index (χ1v) is 14.4.